The molecule has 0 radical (unpaired) electrons. The number of carbonyl (C=O) groups excluding carboxylic acids is 1. The van der Waals surface area contributed by atoms with Gasteiger partial charge in [0.2, 0.25) is 5.91 Å². The number of benzene rings is 1. The zero-order valence-electron chi connectivity index (χ0n) is 9.74. The van der Waals surface area contributed by atoms with Crippen molar-refractivity contribution >= 4 is 11.6 Å². The third-order valence-corrected chi connectivity index (χ3v) is 2.50. The quantitative estimate of drug-likeness (QED) is 0.799. The largest absolute Gasteiger partial charge is 0.320 e. The Hall–Kier alpha value is -1.35. The summed E-state index contributed by atoms with van der Waals surface area (Å²) in [4.78, 5) is 13.4. The number of likely N-dealkylation sites (N-methyl/N-ethyl adjacent to an activating group) is 1. The van der Waals surface area contributed by atoms with Gasteiger partial charge in [-0.25, -0.2) is 0 Å². The number of aryl methyl sites for hydroxylation is 2. The van der Waals surface area contributed by atoms with Gasteiger partial charge >= 0.3 is 0 Å². The minimum atomic E-state index is -0.464. The summed E-state index contributed by atoms with van der Waals surface area (Å²) in [6, 6.07) is 5.51. The minimum Gasteiger partial charge on any atom is -0.320 e. The van der Waals surface area contributed by atoms with Crippen LogP contribution in [0.3, 0.4) is 0 Å². The number of rotatable bonds is 2. The highest BCUT2D eigenvalue weighted by atomic mass is 16.2. The summed E-state index contributed by atoms with van der Waals surface area (Å²) >= 11 is 0. The number of anilines is 1. The molecule has 0 saturated heterocycles. The molecule has 15 heavy (non-hydrogen) atoms. The topological polar surface area (TPSA) is 46.3 Å². The van der Waals surface area contributed by atoms with Crippen LogP contribution < -0.4 is 10.6 Å². The molecule has 1 aromatic rings. The molecule has 0 unspecified atom stereocenters. The molecule has 1 rings (SSSR count). The van der Waals surface area contributed by atoms with Crippen molar-refractivity contribution in [1.82, 2.24) is 0 Å². The van der Waals surface area contributed by atoms with Gasteiger partial charge in [-0.1, -0.05) is 18.2 Å². The fourth-order valence-corrected chi connectivity index (χ4v) is 1.75. The van der Waals surface area contributed by atoms with Crippen LogP contribution >= 0.6 is 0 Å². The van der Waals surface area contributed by atoms with Gasteiger partial charge in [0.1, 0.15) is 0 Å². The average Bonchev–Trinajstić information content (AvgIpc) is 2.15. The van der Waals surface area contributed by atoms with E-state index in [1.54, 1.807) is 18.9 Å². The van der Waals surface area contributed by atoms with Crippen LogP contribution in [-0.2, 0) is 4.79 Å². The molecule has 1 aromatic carbocycles. The molecule has 0 heterocycles. The van der Waals surface area contributed by atoms with Crippen LogP contribution in [0.15, 0.2) is 18.2 Å². The maximum absolute atomic E-state index is 11.7. The molecule has 3 nitrogen and oxygen atoms in total. The molecule has 0 aliphatic heterocycles. The third kappa shape index (κ3) is 2.36. The summed E-state index contributed by atoms with van der Waals surface area (Å²) in [5.41, 5.74) is 8.72. The van der Waals surface area contributed by atoms with E-state index in [9.17, 15) is 4.79 Å². The molecule has 1 amide bonds. The normalized spacial score (nSPS) is 12.3. The van der Waals surface area contributed by atoms with Crippen LogP contribution in [0.25, 0.3) is 0 Å². The average molecular weight is 206 g/mol. The maximum atomic E-state index is 11.7. The zero-order chi connectivity index (χ0) is 11.6. The number of nitrogens with two attached hydrogens (primary N) is 1. The van der Waals surface area contributed by atoms with E-state index < -0.39 is 6.04 Å². The Morgan fingerprint density at radius 1 is 1.33 bits per heavy atom. The van der Waals surface area contributed by atoms with Crippen molar-refractivity contribution in [3.8, 4) is 0 Å². The summed E-state index contributed by atoms with van der Waals surface area (Å²) in [5.74, 6) is -0.0626. The molecule has 0 aromatic heterocycles. The molecule has 0 bridgehead atoms. The van der Waals surface area contributed by atoms with Gasteiger partial charge in [0.25, 0.3) is 0 Å². The molecule has 0 aliphatic carbocycles. The zero-order valence-corrected chi connectivity index (χ0v) is 9.74. The van der Waals surface area contributed by atoms with Crippen LogP contribution in [0.2, 0.25) is 0 Å². The van der Waals surface area contributed by atoms with E-state index >= 15 is 0 Å². The van der Waals surface area contributed by atoms with E-state index in [-0.39, 0.29) is 5.91 Å². The van der Waals surface area contributed by atoms with Gasteiger partial charge in [-0.3, -0.25) is 4.79 Å². The summed E-state index contributed by atoms with van der Waals surface area (Å²) in [7, 11) is 1.76. The van der Waals surface area contributed by atoms with Gasteiger partial charge in [0.05, 0.1) is 6.04 Å². The lowest BCUT2D eigenvalue weighted by molar-refractivity contribution is -0.119. The molecule has 1 atom stereocenters. The monoisotopic (exact) mass is 206 g/mol. The summed E-state index contributed by atoms with van der Waals surface area (Å²) in [5, 5.41) is 0. The Morgan fingerprint density at radius 2 is 1.80 bits per heavy atom. The molecule has 82 valence electrons. The number of hydrogen-bond donors (Lipinski definition) is 1. The predicted molar refractivity (Wildman–Crippen MR) is 63.0 cm³/mol. The molecule has 3 heteroatoms. The van der Waals surface area contributed by atoms with E-state index in [1.165, 1.54) is 0 Å². The Balaban J connectivity index is 3.11. The van der Waals surface area contributed by atoms with Gasteiger partial charge in [-0.05, 0) is 31.9 Å². The first-order chi connectivity index (χ1) is 6.95. The highest BCUT2D eigenvalue weighted by Crippen LogP contribution is 2.23. The van der Waals surface area contributed by atoms with Gasteiger partial charge in [0, 0.05) is 12.7 Å². The minimum absolute atomic E-state index is 0.0626. The van der Waals surface area contributed by atoms with Crippen molar-refractivity contribution < 1.29 is 4.79 Å². The second-order valence-electron chi connectivity index (χ2n) is 3.93. The van der Waals surface area contributed by atoms with Crippen molar-refractivity contribution in [2.75, 3.05) is 11.9 Å². The lowest BCUT2D eigenvalue weighted by atomic mass is 10.1. The van der Waals surface area contributed by atoms with Gasteiger partial charge in [-0.2, -0.15) is 0 Å². The fraction of sp³-hybridized carbons (Fsp3) is 0.417. The van der Waals surface area contributed by atoms with E-state index in [4.69, 9.17) is 5.73 Å². The molecule has 0 aliphatic rings. The van der Waals surface area contributed by atoms with Crippen LogP contribution in [-0.4, -0.2) is 19.0 Å². The van der Waals surface area contributed by atoms with Crippen LogP contribution in [0.4, 0.5) is 5.69 Å². The maximum Gasteiger partial charge on any atom is 0.243 e. The lowest BCUT2D eigenvalue weighted by Crippen LogP contribution is -2.40. The van der Waals surface area contributed by atoms with E-state index in [2.05, 4.69) is 0 Å². The molecule has 0 saturated carbocycles. The van der Waals surface area contributed by atoms with Crippen LogP contribution in [0, 0.1) is 13.8 Å². The number of para-hydroxylation sites is 1. The second-order valence-corrected chi connectivity index (χ2v) is 3.93. The first-order valence-corrected chi connectivity index (χ1v) is 5.04. The summed E-state index contributed by atoms with van der Waals surface area (Å²) in [6.45, 7) is 5.69. The van der Waals surface area contributed by atoms with E-state index in [0.29, 0.717) is 0 Å². The molecular weight excluding hydrogens is 188 g/mol. The summed E-state index contributed by atoms with van der Waals surface area (Å²) in [6.07, 6.45) is 0. The van der Waals surface area contributed by atoms with Crippen molar-refractivity contribution in [1.29, 1.82) is 0 Å². The van der Waals surface area contributed by atoms with Crippen molar-refractivity contribution in [3.63, 3.8) is 0 Å². The predicted octanol–water partition coefficient (Wildman–Crippen LogP) is 1.61. The van der Waals surface area contributed by atoms with Crippen LogP contribution in [0.1, 0.15) is 18.1 Å². The number of nitrogens with zero attached hydrogens (tertiary/aromatic N) is 1. The first-order valence-electron chi connectivity index (χ1n) is 5.04. The molecule has 0 fully saturated rings. The van der Waals surface area contributed by atoms with Gasteiger partial charge < -0.3 is 10.6 Å². The summed E-state index contributed by atoms with van der Waals surface area (Å²) < 4.78 is 0. The molecule has 0 spiro atoms. The fourth-order valence-electron chi connectivity index (χ4n) is 1.75. The standard InChI is InChI=1S/C12H18N2O/c1-8-6-5-7-9(2)11(8)14(4)12(15)10(3)13/h5-7,10H,13H2,1-4H3/t10-/m0/s1. The molecule has 2 N–H and O–H groups in total. The van der Waals surface area contributed by atoms with Gasteiger partial charge in [-0.15, -0.1) is 0 Å². The van der Waals surface area contributed by atoms with Crippen molar-refractivity contribution in [3.05, 3.63) is 29.3 Å². The highest BCUT2D eigenvalue weighted by Gasteiger charge is 2.17. The lowest BCUT2D eigenvalue weighted by Gasteiger charge is -2.23. The smallest absolute Gasteiger partial charge is 0.243 e. The van der Waals surface area contributed by atoms with Crippen LogP contribution in [0.5, 0.6) is 0 Å². The third-order valence-electron chi connectivity index (χ3n) is 2.50. The number of carbonyl (C=O) groups is 1. The number of hydrogen-bond acceptors (Lipinski definition) is 2. The Morgan fingerprint density at radius 3 is 2.20 bits per heavy atom. The van der Waals surface area contributed by atoms with Crippen molar-refractivity contribution in [2.45, 2.75) is 26.8 Å². The second kappa shape index (κ2) is 4.45. The highest BCUT2D eigenvalue weighted by molar-refractivity contribution is 5.97. The molecular formula is C12H18N2O. The van der Waals surface area contributed by atoms with E-state index in [0.717, 1.165) is 16.8 Å². The van der Waals surface area contributed by atoms with E-state index in [1.807, 2.05) is 32.0 Å². The Bertz CT molecular complexity index is 352. The Kier molecular flexibility index (Phi) is 3.48. The Labute approximate surface area is 90.9 Å². The SMILES string of the molecule is Cc1cccc(C)c1N(C)C(=O)[C@H](C)N. The number of amides is 1. The van der Waals surface area contributed by atoms with Gasteiger partial charge in [0.15, 0.2) is 0 Å². The first kappa shape index (κ1) is 11.7. The van der Waals surface area contributed by atoms with Crippen molar-refractivity contribution in [2.24, 2.45) is 5.73 Å².